The second-order valence-electron chi connectivity index (χ2n) is 9.00. The molecule has 3 aliphatic rings. The molecule has 30 heavy (non-hydrogen) atoms. The molecule has 2 amide bonds. The fraction of sp³-hybridized carbons (Fsp3) is 0.727. The maximum absolute atomic E-state index is 12.6. The maximum atomic E-state index is 12.6. The van der Waals surface area contributed by atoms with Gasteiger partial charge in [-0.1, -0.05) is 19.3 Å². The van der Waals surface area contributed by atoms with Gasteiger partial charge in [-0.2, -0.15) is 5.10 Å². The van der Waals surface area contributed by atoms with Gasteiger partial charge in [-0.15, -0.1) is 5.10 Å². The summed E-state index contributed by atoms with van der Waals surface area (Å²) < 4.78 is 5.82. The van der Waals surface area contributed by atoms with Crippen LogP contribution in [-0.2, 0) is 4.74 Å². The lowest BCUT2D eigenvalue weighted by Crippen LogP contribution is -2.49. The summed E-state index contributed by atoms with van der Waals surface area (Å²) in [5.74, 6) is -0.107. The largest absolute Gasteiger partial charge is 0.441 e. The first kappa shape index (κ1) is 21.0. The van der Waals surface area contributed by atoms with E-state index in [2.05, 4.69) is 22.1 Å². The van der Waals surface area contributed by atoms with Gasteiger partial charge in [0.2, 0.25) is 0 Å². The highest BCUT2D eigenvalue weighted by Gasteiger charge is 2.47. The Morgan fingerprint density at radius 2 is 2.03 bits per heavy atom. The average Bonchev–Trinajstić information content (AvgIpc) is 3.09. The van der Waals surface area contributed by atoms with Crippen molar-refractivity contribution in [3.8, 4) is 0 Å². The molecule has 8 nitrogen and oxygen atoms in total. The van der Waals surface area contributed by atoms with Crippen molar-refractivity contribution in [3.05, 3.63) is 24.0 Å². The predicted molar refractivity (Wildman–Crippen MR) is 112 cm³/mol. The Bertz CT molecular complexity index is 730. The van der Waals surface area contributed by atoms with Crippen LogP contribution in [0.4, 0.5) is 4.79 Å². The van der Waals surface area contributed by atoms with Crippen LogP contribution in [0.5, 0.6) is 0 Å². The van der Waals surface area contributed by atoms with Crippen LogP contribution in [0.15, 0.2) is 18.3 Å². The minimum atomic E-state index is -0.453. The van der Waals surface area contributed by atoms with E-state index in [0.29, 0.717) is 44.2 Å². The molecule has 3 fully saturated rings. The van der Waals surface area contributed by atoms with E-state index in [0.717, 1.165) is 19.5 Å². The number of carbonyl (C=O) groups excluding carboxylic acids is 2. The van der Waals surface area contributed by atoms with Crippen LogP contribution in [0, 0.1) is 0 Å². The lowest BCUT2D eigenvalue weighted by molar-refractivity contribution is 0.00293. The van der Waals surface area contributed by atoms with Gasteiger partial charge < -0.3 is 19.4 Å². The summed E-state index contributed by atoms with van der Waals surface area (Å²) >= 11 is 0. The molecule has 2 saturated heterocycles. The van der Waals surface area contributed by atoms with Crippen LogP contribution in [-0.4, -0.2) is 88.3 Å². The summed E-state index contributed by atoms with van der Waals surface area (Å²) in [7, 11) is 2.21. The zero-order valence-corrected chi connectivity index (χ0v) is 18.0. The van der Waals surface area contributed by atoms with Gasteiger partial charge in [0.1, 0.15) is 5.60 Å². The highest BCUT2D eigenvalue weighted by molar-refractivity contribution is 5.92. The molecule has 0 bridgehead atoms. The standard InChI is InChI=1S/C22H33N5O3/c1-25(18-7-3-2-4-8-18)13-6-14-27-17-22(30-21(27)29)10-15-26(16-11-22)20(28)19-9-5-12-23-24-19/h5,9,12,18H,2-4,6-8,10-11,13-17H2,1H3. The van der Waals surface area contributed by atoms with Crippen molar-refractivity contribution in [2.75, 3.05) is 39.8 Å². The summed E-state index contributed by atoms with van der Waals surface area (Å²) in [4.78, 5) is 31.1. The second kappa shape index (κ2) is 9.29. The Hall–Kier alpha value is -2.22. The van der Waals surface area contributed by atoms with Gasteiger partial charge in [0.15, 0.2) is 5.69 Å². The van der Waals surface area contributed by atoms with E-state index < -0.39 is 5.60 Å². The first-order valence-electron chi connectivity index (χ1n) is 11.3. The molecule has 1 aliphatic carbocycles. The van der Waals surface area contributed by atoms with E-state index in [1.54, 1.807) is 23.2 Å². The molecule has 1 aromatic heterocycles. The quantitative estimate of drug-likeness (QED) is 0.711. The van der Waals surface area contributed by atoms with Crippen LogP contribution in [0.3, 0.4) is 0 Å². The summed E-state index contributed by atoms with van der Waals surface area (Å²) in [6, 6.07) is 4.10. The molecule has 0 atom stereocenters. The number of piperidine rings is 1. The van der Waals surface area contributed by atoms with Crippen molar-refractivity contribution in [1.82, 2.24) is 24.9 Å². The van der Waals surface area contributed by atoms with Crippen molar-refractivity contribution in [2.45, 2.75) is 63.0 Å². The number of ether oxygens (including phenoxy) is 1. The summed E-state index contributed by atoms with van der Waals surface area (Å²) in [5, 5.41) is 7.69. The maximum Gasteiger partial charge on any atom is 0.410 e. The number of rotatable bonds is 6. The molecule has 1 aromatic rings. The van der Waals surface area contributed by atoms with Gasteiger partial charge in [-0.25, -0.2) is 4.79 Å². The van der Waals surface area contributed by atoms with Crippen LogP contribution >= 0.6 is 0 Å². The van der Waals surface area contributed by atoms with Crippen LogP contribution in [0.2, 0.25) is 0 Å². The minimum absolute atomic E-state index is 0.107. The minimum Gasteiger partial charge on any atom is -0.441 e. The van der Waals surface area contributed by atoms with Gasteiger partial charge in [-0.05, 0) is 45.0 Å². The molecule has 0 unspecified atom stereocenters. The number of carbonyl (C=O) groups is 2. The fourth-order valence-corrected chi connectivity index (χ4v) is 5.04. The van der Waals surface area contributed by atoms with E-state index in [9.17, 15) is 9.59 Å². The molecular weight excluding hydrogens is 382 g/mol. The van der Waals surface area contributed by atoms with Crippen molar-refractivity contribution in [2.24, 2.45) is 0 Å². The Morgan fingerprint density at radius 3 is 2.73 bits per heavy atom. The van der Waals surface area contributed by atoms with Crippen LogP contribution in [0.1, 0.15) is 61.9 Å². The number of amides is 2. The summed E-state index contributed by atoms with van der Waals surface area (Å²) in [6.45, 7) is 3.52. The summed E-state index contributed by atoms with van der Waals surface area (Å²) in [5.41, 5.74) is -0.0912. The van der Waals surface area contributed by atoms with Crippen molar-refractivity contribution in [3.63, 3.8) is 0 Å². The third kappa shape index (κ3) is 4.74. The monoisotopic (exact) mass is 415 g/mol. The Balaban J connectivity index is 1.23. The topological polar surface area (TPSA) is 78.9 Å². The zero-order valence-electron chi connectivity index (χ0n) is 18.0. The highest BCUT2D eigenvalue weighted by Crippen LogP contribution is 2.33. The van der Waals surface area contributed by atoms with Crippen LogP contribution in [0.25, 0.3) is 0 Å². The molecule has 0 N–H and O–H groups in total. The molecule has 3 heterocycles. The van der Waals surface area contributed by atoms with Crippen molar-refractivity contribution >= 4 is 12.0 Å². The number of hydrogen-bond donors (Lipinski definition) is 0. The molecular formula is C22H33N5O3. The Labute approximate surface area is 178 Å². The molecule has 0 aromatic carbocycles. The third-order valence-electron chi connectivity index (χ3n) is 6.93. The molecule has 1 spiro atoms. The number of aromatic nitrogens is 2. The molecule has 1 saturated carbocycles. The number of hydrogen-bond acceptors (Lipinski definition) is 6. The van der Waals surface area contributed by atoms with Crippen molar-refractivity contribution < 1.29 is 14.3 Å². The Morgan fingerprint density at radius 1 is 1.27 bits per heavy atom. The smallest absolute Gasteiger partial charge is 0.410 e. The third-order valence-corrected chi connectivity index (χ3v) is 6.93. The van der Waals surface area contributed by atoms with E-state index in [1.165, 1.54) is 32.1 Å². The van der Waals surface area contributed by atoms with Gasteiger partial charge >= 0.3 is 6.09 Å². The summed E-state index contributed by atoms with van der Waals surface area (Å²) in [6.07, 6.45) is 10.3. The highest BCUT2D eigenvalue weighted by atomic mass is 16.6. The van der Waals surface area contributed by atoms with Gasteiger partial charge in [0.25, 0.3) is 5.91 Å². The predicted octanol–water partition coefficient (Wildman–Crippen LogP) is 2.56. The number of likely N-dealkylation sites (tertiary alicyclic amines) is 1. The first-order chi connectivity index (χ1) is 14.6. The van der Waals surface area contributed by atoms with Gasteiger partial charge in [0.05, 0.1) is 6.54 Å². The van der Waals surface area contributed by atoms with E-state index in [-0.39, 0.29) is 12.0 Å². The van der Waals surface area contributed by atoms with Gasteiger partial charge in [0, 0.05) is 44.7 Å². The molecule has 8 heteroatoms. The molecule has 2 aliphatic heterocycles. The average molecular weight is 416 g/mol. The van der Waals surface area contributed by atoms with E-state index in [1.807, 2.05) is 4.90 Å². The molecule has 164 valence electrons. The lowest BCUT2D eigenvalue weighted by atomic mass is 9.91. The lowest BCUT2D eigenvalue weighted by Gasteiger charge is -2.37. The van der Waals surface area contributed by atoms with Crippen molar-refractivity contribution in [1.29, 1.82) is 0 Å². The number of nitrogens with zero attached hydrogens (tertiary/aromatic N) is 5. The zero-order chi connectivity index (χ0) is 21.0. The molecule has 0 radical (unpaired) electrons. The second-order valence-corrected chi connectivity index (χ2v) is 9.00. The van der Waals surface area contributed by atoms with Gasteiger partial charge in [-0.3, -0.25) is 4.79 Å². The Kier molecular flexibility index (Phi) is 6.51. The van der Waals surface area contributed by atoms with E-state index in [4.69, 9.17) is 4.74 Å². The van der Waals surface area contributed by atoms with E-state index >= 15 is 0 Å². The SMILES string of the molecule is CN(CCCN1CC2(CCN(C(=O)c3cccnn3)CC2)OC1=O)C1CCCCC1. The first-order valence-corrected chi connectivity index (χ1v) is 11.3. The van der Waals surface area contributed by atoms with Crippen LogP contribution < -0.4 is 0 Å². The normalized spacial score (nSPS) is 22.0. The molecule has 4 rings (SSSR count). The fourth-order valence-electron chi connectivity index (χ4n) is 5.04.